The van der Waals surface area contributed by atoms with Gasteiger partial charge >= 0.3 is 0 Å². The molecule has 116 valence electrons. The zero-order valence-electron chi connectivity index (χ0n) is 13.9. The molecule has 0 bridgehead atoms. The Morgan fingerprint density at radius 3 is 1.95 bits per heavy atom. The van der Waals surface area contributed by atoms with Gasteiger partial charge < -0.3 is 5.11 Å². The van der Waals surface area contributed by atoms with Gasteiger partial charge in [-0.2, -0.15) is 0 Å². The van der Waals surface area contributed by atoms with E-state index in [4.69, 9.17) is 11.7 Å². The molecule has 0 aromatic heterocycles. The monoisotopic (exact) mass is 295 g/mol. The molecule has 0 spiro atoms. The Balaban J connectivity index is 0.000000220. The Hall–Kier alpha value is -2.11. The maximum Gasteiger partial charge on any atom is 0.187 e. The summed E-state index contributed by atoms with van der Waals surface area (Å²) in [4.78, 5) is 3.36. The van der Waals surface area contributed by atoms with Crippen LogP contribution in [0.1, 0.15) is 56.2 Å². The summed E-state index contributed by atoms with van der Waals surface area (Å²) in [6.07, 6.45) is 0. The van der Waals surface area contributed by atoms with Gasteiger partial charge in [-0.05, 0) is 23.0 Å². The van der Waals surface area contributed by atoms with Gasteiger partial charge in [-0.1, -0.05) is 81.8 Å². The van der Waals surface area contributed by atoms with Gasteiger partial charge in [0.15, 0.2) is 5.69 Å². The molecule has 1 N–H and O–H groups in total. The molecule has 2 heteroatoms. The van der Waals surface area contributed by atoms with Crippen LogP contribution in [0.5, 0.6) is 0 Å². The van der Waals surface area contributed by atoms with Gasteiger partial charge in [-0.3, -0.25) is 0 Å². The fourth-order valence-electron chi connectivity index (χ4n) is 2.00. The first-order valence-corrected chi connectivity index (χ1v) is 7.65. The van der Waals surface area contributed by atoms with Crippen LogP contribution in [-0.4, -0.2) is 5.11 Å². The van der Waals surface area contributed by atoms with Crippen LogP contribution >= 0.6 is 0 Å². The molecule has 2 aromatic rings. The molecule has 22 heavy (non-hydrogen) atoms. The van der Waals surface area contributed by atoms with E-state index < -0.39 is 0 Å². The number of hydrogen-bond acceptors (Lipinski definition) is 1. The summed E-state index contributed by atoms with van der Waals surface area (Å²) in [7, 11) is 0. The van der Waals surface area contributed by atoms with Crippen molar-refractivity contribution in [3.63, 3.8) is 0 Å². The van der Waals surface area contributed by atoms with E-state index >= 15 is 0 Å². The van der Waals surface area contributed by atoms with E-state index in [-0.39, 0.29) is 6.61 Å². The maximum atomic E-state index is 8.84. The van der Waals surface area contributed by atoms with Crippen molar-refractivity contribution in [2.45, 2.75) is 46.1 Å². The lowest BCUT2D eigenvalue weighted by molar-refractivity contribution is 0.281. The van der Waals surface area contributed by atoms with E-state index in [1.165, 1.54) is 11.1 Å². The molecule has 0 aliphatic rings. The third-order valence-corrected chi connectivity index (χ3v) is 3.47. The summed E-state index contributed by atoms with van der Waals surface area (Å²) in [6, 6.07) is 15.8. The smallest absolute Gasteiger partial charge is 0.187 e. The van der Waals surface area contributed by atoms with Crippen LogP contribution in [0.4, 0.5) is 5.69 Å². The molecular formula is C20H25NO. The van der Waals surface area contributed by atoms with E-state index in [9.17, 15) is 0 Å². The van der Waals surface area contributed by atoms with Crippen LogP contribution in [0.15, 0.2) is 48.5 Å². The highest BCUT2D eigenvalue weighted by Crippen LogP contribution is 2.20. The van der Waals surface area contributed by atoms with Gasteiger partial charge in [0.2, 0.25) is 0 Å². The second-order valence-corrected chi connectivity index (χ2v) is 5.92. The van der Waals surface area contributed by atoms with Crippen LogP contribution < -0.4 is 0 Å². The summed E-state index contributed by atoms with van der Waals surface area (Å²) >= 11 is 0. The molecule has 0 amide bonds. The number of nitrogens with zero attached hydrogens (tertiary/aromatic N) is 1. The molecule has 0 unspecified atom stereocenters. The SMILES string of the molecule is CC(C)c1cccc(CO)c1.[C-]#[N+]c1cccc(C(C)C)c1. The lowest BCUT2D eigenvalue weighted by Gasteiger charge is -2.05. The van der Waals surface area contributed by atoms with Crippen LogP contribution in [0, 0.1) is 6.57 Å². The standard InChI is InChI=1S/C10H11N.C10H14O/c1-8(2)9-5-4-6-10(7-9)11-3;1-8(2)10-5-3-4-9(6-10)7-11/h4-8H,1-2H3;3-6,8,11H,7H2,1-2H3. The first kappa shape index (κ1) is 17.9. The molecule has 0 fully saturated rings. The Bertz CT molecular complexity index is 624. The zero-order valence-corrected chi connectivity index (χ0v) is 13.9. The lowest BCUT2D eigenvalue weighted by Crippen LogP contribution is -1.89. The molecule has 0 heterocycles. The summed E-state index contributed by atoms with van der Waals surface area (Å²) < 4.78 is 0. The molecule has 0 saturated carbocycles. The molecule has 0 aliphatic carbocycles. The second-order valence-electron chi connectivity index (χ2n) is 5.92. The molecule has 0 aliphatic heterocycles. The minimum absolute atomic E-state index is 0.139. The second kappa shape index (κ2) is 9.02. The molecule has 2 aromatic carbocycles. The highest BCUT2D eigenvalue weighted by Gasteiger charge is 1.99. The average molecular weight is 295 g/mol. The van der Waals surface area contributed by atoms with Crippen LogP contribution in [0.2, 0.25) is 0 Å². The predicted molar refractivity (Wildman–Crippen MR) is 93.2 cm³/mol. The number of aliphatic hydroxyl groups excluding tert-OH is 1. The number of hydrogen-bond donors (Lipinski definition) is 1. The first-order valence-electron chi connectivity index (χ1n) is 7.65. The van der Waals surface area contributed by atoms with Crippen molar-refractivity contribution in [3.05, 3.63) is 76.6 Å². The average Bonchev–Trinajstić information content (AvgIpc) is 2.55. The lowest BCUT2D eigenvalue weighted by atomic mass is 10.0. The quantitative estimate of drug-likeness (QED) is 0.726. The van der Waals surface area contributed by atoms with E-state index in [1.807, 2.05) is 36.4 Å². The van der Waals surface area contributed by atoms with Gasteiger partial charge in [0.1, 0.15) is 0 Å². The minimum atomic E-state index is 0.139. The molecular weight excluding hydrogens is 270 g/mol. The van der Waals surface area contributed by atoms with Crippen LogP contribution in [-0.2, 0) is 6.61 Å². The van der Waals surface area contributed by atoms with Crippen molar-refractivity contribution in [1.29, 1.82) is 0 Å². The Labute approximate surface area is 134 Å². The fraction of sp³-hybridized carbons (Fsp3) is 0.350. The van der Waals surface area contributed by atoms with Crippen molar-refractivity contribution in [2.24, 2.45) is 0 Å². The summed E-state index contributed by atoms with van der Waals surface area (Å²) in [5, 5.41) is 8.84. The van der Waals surface area contributed by atoms with E-state index in [1.54, 1.807) is 0 Å². The van der Waals surface area contributed by atoms with Crippen molar-refractivity contribution in [2.75, 3.05) is 0 Å². The normalized spacial score (nSPS) is 10.1. The number of benzene rings is 2. The van der Waals surface area contributed by atoms with Crippen molar-refractivity contribution in [3.8, 4) is 0 Å². The Morgan fingerprint density at radius 1 is 0.909 bits per heavy atom. The Morgan fingerprint density at radius 2 is 1.45 bits per heavy atom. The van der Waals surface area contributed by atoms with E-state index in [2.05, 4.69) is 44.7 Å². The van der Waals surface area contributed by atoms with Gasteiger partial charge in [0, 0.05) is 0 Å². The summed E-state index contributed by atoms with van der Waals surface area (Å²) in [6.45, 7) is 15.5. The zero-order chi connectivity index (χ0) is 16.5. The Kier molecular flexibility index (Phi) is 7.36. The largest absolute Gasteiger partial charge is 0.392 e. The first-order chi connectivity index (χ1) is 10.5. The predicted octanol–water partition coefficient (Wildman–Crippen LogP) is 5.66. The van der Waals surface area contributed by atoms with Crippen molar-refractivity contribution in [1.82, 2.24) is 0 Å². The third kappa shape index (κ3) is 5.71. The van der Waals surface area contributed by atoms with E-state index in [0.717, 1.165) is 11.3 Å². The number of rotatable bonds is 3. The number of aliphatic hydroxyl groups is 1. The highest BCUT2D eigenvalue weighted by atomic mass is 16.3. The van der Waals surface area contributed by atoms with Gasteiger partial charge in [-0.25, -0.2) is 4.85 Å². The van der Waals surface area contributed by atoms with Crippen molar-refractivity contribution < 1.29 is 5.11 Å². The van der Waals surface area contributed by atoms with Crippen molar-refractivity contribution >= 4 is 5.69 Å². The maximum absolute atomic E-state index is 8.84. The fourth-order valence-corrected chi connectivity index (χ4v) is 2.00. The summed E-state index contributed by atoms with van der Waals surface area (Å²) in [5.74, 6) is 1.05. The molecule has 0 atom stereocenters. The topological polar surface area (TPSA) is 24.6 Å². The van der Waals surface area contributed by atoms with Gasteiger partial charge in [0.25, 0.3) is 0 Å². The minimum Gasteiger partial charge on any atom is -0.392 e. The highest BCUT2D eigenvalue weighted by molar-refractivity contribution is 5.47. The van der Waals surface area contributed by atoms with Crippen LogP contribution in [0.3, 0.4) is 0 Å². The third-order valence-electron chi connectivity index (χ3n) is 3.47. The van der Waals surface area contributed by atoms with Gasteiger partial charge in [0.05, 0.1) is 13.2 Å². The molecule has 2 rings (SSSR count). The molecule has 2 nitrogen and oxygen atoms in total. The molecule has 0 radical (unpaired) electrons. The van der Waals surface area contributed by atoms with Crippen LogP contribution in [0.25, 0.3) is 4.85 Å². The summed E-state index contributed by atoms with van der Waals surface area (Å²) in [5.41, 5.74) is 4.25. The van der Waals surface area contributed by atoms with E-state index in [0.29, 0.717) is 11.8 Å². The van der Waals surface area contributed by atoms with Gasteiger partial charge in [-0.15, -0.1) is 0 Å². The molecule has 0 saturated heterocycles.